The van der Waals surface area contributed by atoms with Crippen molar-refractivity contribution in [2.75, 3.05) is 62.2 Å². The highest BCUT2D eigenvalue weighted by atomic mass is 19.4. The number of piperidine rings is 1. The summed E-state index contributed by atoms with van der Waals surface area (Å²) in [6, 6.07) is 1.85. The van der Waals surface area contributed by atoms with Gasteiger partial charge in [-0.15, -0.1) is 0 Å². The second-order valence-electron chi connectivity index (χ2n) is 11.2. The summed E-state index contributed by atoms with van der Waals surface area (Å²) >= 11 is 0. The third-order valence-electron chi connectivity index (χ3n) is 8.98. The number of carbonyl (C=O) groups excluding carboxylic acids is 1. The summed E-state index contributed by atoms with van der Waals surface area (Å²) in [6.07, 6.45) is -0.188. The Kier molecular flexibility index (Phi) is 6.76. The standard InChI is InChI=1S/C27H35F3N8O2/c1-4-23(39)36-11-9-34(10-12-36)20-17-37(19(20)3)22-15-21(32-25(33-22)27(28,29)30)35-7-5-26(6-8-35)24-18(2)16-31-38(24)13-14-40-26/h4,15-16,19-20H,1,5-14,17H2,2-3H3/t19-,20-/m1/s1. The maximum absolute atomic E-state index is 13.9. The van der Waals surface area contributed by atoms with Crippen molar-refractivity contribution in [3.63, 3.8) is 0 Å². The highest BCUT2D eigenvalue weighted by molar-refractivity contribution is 5.87. The zero-order chi connectivity index (χ0) is 28.2. The largest absolute Gasteiger partial charge is 0.451 e. The van der Waals surface area contributed by atoms with Gasteiger partial charge in [-0.25, -0.2) is 9.97 Å². The minimum absolute atomic E-state index is 0.0194. The van der Waals surface area contributed by atoms with Gasteiger partial charge in [-0.3, -0.25) is 14.4 Å². The molecule has 0 bridgehead atoms. The Hall–Kier alpha value is -3.19. The van der Waals surface area contributed by atoms with E-state index in [1.165, 1.54) is 6.08 Å². The second-order valence-corrected chi connectivity index (χ2v) is 11.2. The molecule has 4 aliphatic rings. The van der Waals surface area contributed by atoms with Gasteiger partial charge in [-0.1, -0.05) is 6.58 Å². The van der Waals surface area contributed by atoms with Crippen molar-refractivity contribution in [1.29, 1.82) is 0 Å². The molecule has 1 spiro atoms. The lowest BCUT2D eigenvalue weighted by molar-refractivity contribution is -0.145. The van der Waals surface area contributed by atoms with Crippen LogP contribution in [0.1, 0.15) is 36.8 Å². The Morgan fingerprint density at radius 2 is 1.80 bits per heavy atom. The third-order valence-corrected chi connectivity index (χ3v) is 8.98. The molecule has 0 saturated carbocycles. The minimum atomic E-state index is -4.65. The van der Waals surface area contributed by atoms with Crippen molar-refractivity contribution >= 4 is 17.5 Å². The summed E-state index contributed by atoms with van der Waals surface area (Å²) in [7, 11) is 0. The lowest BCUT2D eigenvalue weighted by Crippen LogP contribution is -2.68. The molecule has 3 fully saturated rings. The van der Waals surface area contributed by atoms with Gasteiger partial charge in [0.05, 0.1) is 25.0 Å². The third kappa shape index (κ3) is 4.62. The number of piperazine rings is 1. The summed E-state index contributed by atoms with van der Waals surface area (Å²) in [5.41, 5.74) is 1.68. The number of aryl methyl sites for hydroxylation is 1. The number of rotatable bonds is 4. The van der Waals surface area contributed by atoms with E-state index in [0.29, 0.717) is 70.4 Å². The van der Waals surface area contributed by atoms with Gasteiger partial charge < -0.3 is 19.4 Å². The van der Waals surface area contributed by atoms with E-state index in [2.05, 4.69) is 26.5 Å². The van der Waals surface area contributed by atoms with Crippen molar-refractivity contribution in [2.24, 2.45) is 0 Å². The number of hydrogen-bond donors (Lipinski definition) is 0. The fraction of sp³-hybridized carbons (Fsp3) is 0.630. The molecule has 216 valence electrons. The zero-order valence-electron chi connectivity index (χ0n) is 22.9. The van der Waals surface area contributed by atoms with E-state index in [4.69, 9.17) is 4.74 Å². The Labute approximate surface area is 231 Å². The summed E-state index contributed by atoms with van der Waals surface area (Å²) in [6.45, 7) is 13.2. The molecule has 0 radical (unpaired) electrons. The number of alkyl halides is 3. The molecule has 0 unspecified atom stereocenters. The molecule has 2 aromatic heterocycles. The summed E-state index contributed by atoms with van der Waals surface area (Å²) < 4.78 is 50.0. The number of nitrogens with zero attached hydrogens (tertiary/aromatic N) is 8. The van der Waals surface area contributed by atoms with Gasteiger partial charge in [0, 0.05) is 64.0 Å². The van der Waals surface area contributed by atoms with E-state index in [0.717, 1.165) is 24.3 Å². The summed E-state index contributed by atoms with van der Waals surface area (Å²) in [5, 5.41) is 4.48. The van der Waals surface area contributed by atoms with Gasteiger partial charge in [-0.2, -0.15) is 18.3 Å². The van der Waals surface area contributed by atoms with Crippen LogP contribution in [0.2, 0.25) is 0 Å². The number of aromatic nitrogens is 4. The van der Waals surface area contributed by atoms with Crippen LogP contribution < -0.4 is 9.80 Å². The van der Waals surface area contributed by atoms with Crippen LogP contribution in [-0.2, 0) is 27.9 Å². The molecular weight excluding hydrogens is 525 g/mol. The van der Waals surface area contributed by atoms with Gasteiger partial charge in [0.15, 0.2) is 0 Å². The zero-order valence-corrected chi connectivity index (χ0v) is 22.9. The number of halogens is 3. The van der Waals surface area contributed by atoms with Crippen molar-refractivity contribution in [3.8, 4) is 0 Å². The van der Waals surface area contributed by atoms with Crippen molar-refractivity contribution < 1.29 is 22.7 Å². The maximum atomic E-state index is 13.9. The Morgan fingerprint density at radius 1 is 1.10 bits per heavy atom. The molecule has 0 aliphatic carbocycles. The number of hydrogen-bond acceptors (Lipinski definition) is 8. The van der Waals surface area contributed by atoms with Crippen molar-refractivity contribution in [3.05, 3.63) is 42.0 Å². The summed E-state index contributed by atoms with van der Waals surface area (Å²) in [4.78, 5) is 27.8. The van der Waals surface area contributed by atoms with E-state index in [9.17, 15) is 18.0 Å². The SMILES string of the molecule is C=CC(=O)N1CCN([C@@H]2CN(c3cc(N4CCC5(CC4)OCCn4ncc(C)c45)nc(C(F)(F)F)n3)[C@@H]2C)CC1. The molecular formula is C27H35F3N8O2. The Bertz CT molecular complexity index is 1280. The molecule has 4 aliphatic heterocycles. The van der Waals surface area contributed by atoms with Gasteiger partial charge in [-0.05, 0) is 38.3 Å². The molecule has 6 heterocycles. The van der Waals surface area contributed by atoms with Gasteiger partial charge >= 0.3 is 6.18 Å². The van der Waals surface area contributed by atoms with Crippen LogP contribution in [0.5, 0.6) is 0 Å². The van der Waals surface area contributed by atoms with Gasteiger partial charge in [0.25, 0.3) is 0 Å². The lowest BCUT2D eigenvalue weighted by Gasteiger charge is -2.53. The number of carbonyl (C=O) groups is 1. The number of anilines is 2. The fourth-order valence-electron chi connectivity index (χ4n) is 6.69. The molecule has 10 nitrogen and oxygen atoms in total. The van der Waals surface area contributed by atoms with Crippen LogP contribution in [0.4, 0.5) is 24.8 Å². The number of amides is 1. The van der Waals surface area contributed by atoms with Crippen LogP contribution >= 0.6 is 0 Å². The normalized spacial score (nSPS) is 25.1. The molecule has 40 heavy (non-hydrogen) atoms. The van der Waals surface area contributed by atoms with Crippen LogP contribution in [0, 0.1) is 6.92 Å². The average Bonchev–Trinajstić information content (AvgIpc) is 3.34. The topological polar surface area (TPSA) is 82.9 Å². The summed E-state index contributed by atoms with van der Waals surface area (Å²) in [5.74, 6) is -0.601. The Morgan fingerprint density at radius 3 is 2.45 bits per heavy atom. The average molecular weight is 561 g/mol. The van der Waals surface area contributed by atoms with Crippen molar-refractivity contribution in [1.82, 2.24) is 29.5 Å². The first kappa shape index (κ1) is 27.0. The highest BCUT2D eigenvalue weighted by Crippen LogP contribution is 2.42. The predicted molar refractivity (Wildman–Crippen MR) is 142 cm³/mol. The monoisotopic (exact) mass is 560 g/mol. The first-order valence-electron chi connectivity index (χ1n) is 13.9. The quantitative estimate of drug-likeness (QED) is 0.528. The predicted octanol–water partition coefficient (Wildman–Crippen LogP) is 2.43. The van der Waals surface area contributed by atoms with Crippen LogP contribution in [0.3, 0.4) is 0 Å². The molecule has 1 amide bonds. The number of fused-ring (bicyclic) bond motifs is 2. The maximum Gasteiger partial charge on any atom is 0.451 e. The fourth-order valence-corrected chi connectivity index (χ4v) is 6.69. The molecule has 0 N–H and O–H groups in total. The second kappa shape index (κ2) is 10.0. The van der Waals surface area contributed by atoms with Gasteiger partial charge in [0.2, 0.25) is 11.7 Å². The first-order chi connectivity index (χ1) is 19.1. The van der Waals surface area contributed by atoms with E-state index in [1.54, 1.807) is 11.0 Å². The smallest absolute Gasteiger partial charge is 0.367 e. The molecule has 6 rings (SSSR count). The number of ether oxygens (including phenoxy) is 1. The van der Waals surface area contributed by atoms with E-state index in [-0.39, 0.29) is 18.0 Å². The minimum Gasteiger partial charge on any atom is -0.367 e. The first-order valence-corrected chi connectivity index (χ1v) is 13.9. The van der Waals surface area contributed by atoms with E-state index < -0.39 is 17.6 Å². The van der Waals surface area contributed by atoms with Crippen LogP contribution in [0.15, 0.2) is 24.9 Å². The van der Waals surface area contributed by atoms with E-state index >= 15 is 0 Å². The molecule has 2 aromatic rings. The lowest BCUT2D eigenvalue weighted by atomic mass is 9.85. The van der Waals surface area contributed by atoms with Crippen molar-refractivity contribution in [2.45, 2.75) is 57.1 Å². The highest BCUT2D eigenvalue weighted by Gasteiger charge is 2.45. The molecule has 2 atom stereocenters. The van der Waals surface area contributed by atoms with Crippen LogP contribution in [0.25, 0.3) is 0 Å². The van der Waals surface area contributed by atoms with Crippen LogP contribution in [-0.4, -0.2) is 100.0 Å². The molecule has 3 saturated heterocycles. The van der Waals surface area contributed by atoms with Gasteiger partial charge in [0.1, 0.15) is 17.2 Å². The Balaban J connectivity index is 1.18. The molecule has 0 aromatic carbocycles. The van der Waals surface area contributed by atoms with E-state index in [1.807, 2.05) is 34.5 Å². The molecule has 13 heteroatoms.